The average Bonchev–Trinajstić information content (AvgIpc) is 2.64. The third-order valence-electron chi connectivity index (χ3n) is 2.75. The third kappa shape index (κ3) is 2.62. The van der Waals surface area contributed by atoms with Gasteiger partial charge in [-0.15, -0.1) is 0 Å². The number of aromatic amines is 2. The van der Waals surface area contributed by atoms with Crippen molar-refractivity contribution in [3.8, 4) is 0 Å². The van der Waals surface area contributed by atoms with Crippen LogP contribution >= 0.6 is 23.4 Å². The summed E-state index contributed by atoms with van der Waals surface area (Å²) in [5.74, 6) is 0.682. The van der Waals surface area contributed by atoms with Crippen molar-refractivity contribution in [1.29, 1.82) is 0 Å². The quantitative estimate of drug-likeness (QED) is 0.644. The second-order valence-electron chi connectivity index (χ2n) is 4.11. The molecular weight excluding hydrogens is 288 g/mol. The highest BCUT2D eigenvalue weighted by atomic mass is 35.5. The fourth-order valence-electron chi connectivity index (χ4n) is 1.72. The smallest absolute Gasteiger partial charge is 0.270 e. The van der Waals surface area contributed by atoms with Gasteiger partial charge in [0.1, 0.15) is 0 Å². The predicted molar refractivity (Wildman–Crippen MR) is 75.7 cm³/mol. The number of imidazole rings is 1. The molecule has 2 N–H and O–H groups in total. The monoisotopic (exact) mass is 301 g/mol. The molecule has 0 aromatic carbocycles. The van der Waals surface area contributed by atoms with Crippen molar-refractivity contribution in [1.82, 2.24) is 14.5 Å². The van der Waals surface area contributed by atoms with Gasteiger partial charge in [-0.2, -0.15) is 0 Å². The third-order valence-corrected chi connectivity index (χ3v) is 3.89. The van der Waals surface area contributed by atoms with Crippen LogP contribution in [0.4, 0.5) is 0 Å². The summed E-state index contributed by atoms with van der Waals surface area (Å²) in [6.45, 7) is 1.81. The Hall–Kier alpha value is -1.47. The molecule has 8 heteroatoms. The Balaban J connectivity index is 2.54. The second-order valence-corrected chi connectivity index (χ2v) is 5.71. The van der Waals surface area contributed by atoms with Gasteiger partial charge >= 0.3 is 16.4 Å². The van der Waals surface area contributed by atoms with Gasteiger partial charge in [-0.3, -0.25) is 14.3 Å². The topological polar surface area (TPSA) is 74.5 Å². The van der Waals surface area contributed by atoms with Crippen molar-refractivity contribution in [2.45, 2.75) is 12.1 Å². The van der Waals surface area contributed by atoms with Gasteiger partial charge in [-0.05, 0) is 18.7 Å². The van der Waals surface area contributed by atoms with Crippen LogP contribution in [0, 0.1) is 0 Å². The average molecular weight is 302 g/mol. The number of thioether (sulfide) groups is 1. The number of aryl methyl sites for hydroxylation is 2. The standard InChI is InChI=1S/C11H13ClN4O2S/c1-6(12)4-5-19-11-13-8-7(15(11)2)9(17)14-10(18)16(8)3/h4H,5H2,1-3H3,(H,14,17,18)/p+1. The van der Waals surface area contributed by atoms with Crippen molar-refractivity contribution in [3.63, 3.8) is 0 Å². The number of halogens is 1. The van der Waals surface area contributed by atoms with Gasteiger partial charge < -0.3 is 0 Å². The summed E-state index contributed by atoms with van der Waals surface area (Å²) in [6.07, 6.45) is 1.88. The molecule has 0 aliphatic rings. The largest absolute Gasteiger partial charge is 0.331 e. The summed E-state index contributed by atoms with van der Waals surface area (Å²) in [4.78, 5) is 28.7. The highest BCUT2D eigenvalue weighted by Crippen LogP contribution is 2.15. The first kappa shape index (κ1) is 14.0. The van der Waals surface area contributed by atoms with Crippen molar-refractivity contribution in [3.05, 3.63) is 31.9 Å². The molecule has 0 bridgehead atoms. The van der Waals surface area contributed by atoms with Crippen LogP contribution < -0.4 is 15.8 Å². The van der Waals surface area contributed by atoms with Crippen LogP contribution in [0.15, 0.2) is 25.9 Å². The minimum absolute atomic E-state index is 0.396. The molecule has 0 amide bonds. The molecule has 0 saturated heterocycles. The molecule has 0 aliphatic carbocycles. The van der Waals surface area contributed by atoms with Crippen LogP contribution in [0.3, 0.4) is 0 Å². The lowest BCUT2D eigenvalue weighted by molar-refractivity contribution is -0.684. The minimum Gasteiger partial charge on any atom is -0.270 e. The van der Waals surface area contributed by atoms with Gasteiger partial charge in [-0.1, -0.05) is 17.7 Å². The molecule has 0 saturated carbocycles. The number of hydrogen-bond donors (Lipinski definition) is 2. The lowest BCUT2D eigenvalue weighted by atomic mass is 10.5. The van der Waals surface area contributed by atoms with E-state index in [0.29, 0.717) is 16.9 Å². The Kier molecular flexibility index (Phi) is 3.86. The first-order valence-corrected chi connectivity index (χ1v) is 6.94. The van der Waals surface area contributed by atoms with E-state index in [1.807, 2.05) is 13.0 Å². The molecular formula is C11H14ClN4O2S+. The molecule has 0 unspecified atom stereocenters. The summed E-state index contributed by atoms with van der Waals surface area (Å²) >= 11 is 7.27. The number of nitrogens with one attached hydrogen (secondary N) is 2. The van der Waals surface area contributed by atoms with Crippen molar-refractivity contribution >= 4 is 34.5 Å². The van der Waals surface area contributed by atoms with E-state index in [0.717, 1.165) is 10.2 Å². The molecule has 2 rings (SSSR count). The maximum absolute atomic E-state index is 11.8. The number of aromatic nitrogens is 4. The van der Waals surface area contributed by atoms with E-state index < -0.39 is 11.2 Å². The van der Waals surface area contributed by atoms with Crippen LogP contribution in [-0.2, 0) is 14.1 Å². The Bertz CT molecular complexity index is 767. The molecule has 0 atom stereocenters. The summed E-state index contributed by atoms with van der Waals surface area (Å²) in [6, 6.07) is 0. The normalized spacial score (nSPS) is 12.3. The van der Waals surface area contributed by atoms with Crippen LogP contribution in [-0.4, -0.2) is 20.3 Å². The van der Waals surface area contributed by atoms with Gasteiger partial charge in [0.2, 0.25) is 0 Å². The summed E-state index contributed by atoms with van der Waals surface area (Å²) in [7, 11) is 3.38. The van der Waals surface area contributed by atoms with Crippen molar-refractivity contribution < 1.29 is 4.57 Å². The van der Waals surface area contributed by atoms with Gasteiger partial charge in [-0.25, -0.2) is 14.3 Å². The van der Waals surface area contributed by atoms with Crippen LogP contribution in [0.5, 0.6) is 0 Å². The molecule has 0 radical (unpaired) electrons. The number of H-pyrrole nitrogens is 2. The number of hydrogen-bond acceptors (Lipinski definition) is 3. The molecule has 0 aliphatic heterocycles. The Morgan fingerprint density at radius 3 is 2.79 bits per heavy atom. The van der Waals surface area contributed by atoms with Crippen molar-refractivity contribution in [2.24, 2.45) is 14.1 Å². The lowest BCUT2D eigenvalue weighted by Gasteiger charge is -1.93. The molecule has 2 aromatic rings. The molecule has 2 heterocycles. The fraction of sp³-hybridized carbons (Fsp3) is 0.364. The zero-order valence-corrected chi connectivity index (χ0v) is 12.4. The molecule has 2 aromatic heterocycles. The number of allylic oxidation sites excluding steroid dienone is 1. The van der Waals surface area contributed by atoms with Crippen LogP contribution in [0.25, 0.3) is 11.2 Å². The first-order valence-electron chi connectivity index (χ1n) is 5.58. The summed E-state index contributed by atoms with van der Waals surface area (Å²) < 4.78 is 3.11. The Morgan fingerprint density at radius 1 is 1.47 bits per heavy atom. The zero-order valence-electron chi connectivity index (χ0n) is 10.8. The number of rotatable bonds is 3. The molecule has 6 nitrogen and oxygen atoms in total. The molecule has 0 fully saturated rings. The van der Waals surface area contributed by atoms with E-state index in [2.05, 4.69) is 9.97 Å². The lowest BCUT2D eigenvalue weighted by Crippen LogP contribution is -2.37. The summed E-state index contributed by atoms with van der Waals surface area (Å²) in [5.41, 5.74) is 0.113. The van der Waals surface area contributed by atoms with E-state index in [4.69, 9.17) is 11.6 Å². The second kappa shape index (κ2) is 5.26. The van der Waals surface area contributed by atoms with Gasteiger partial charge in [0, 0.05) is 17.8 Å². The number of fused-ring (bicyclic) bond motifs is 1. The maximum Gasteiger partial charge on any atom is 0.331 e. The van der Waals surface area contributed by atoms with Gasteiger partial charge in [0.05, 0.1) is 7.05 Å². The molecule has 19 heavy (non-hydrogen) atoms. The zero-order chi connectivity index (χ0) is 14.2. The van der Waals surface area contributed by atoms with E-state index in [9.17, 15) is 9.59 Å². The Labute approximate surface area is 118 Å². The van der Waals surface area contributed by atoms with E-state index in [1.165, 1.54) is 16.3 Å². The maximum atomic E-state index is 11.8. The molecule has 102 valence electrons. The fourth-order valence-corrected chi connectivity index (χ4v) is 2.83. The van der Waals surface area contributed by atoms with E-state index in [-0.39, 0.29) is 0 Å². The summed E-state index contributed by atoms with van der Waals surface area (Å²) in [5, 5.41) is 1.51. The highest BCUT2D eigenvalue weighted by Gasteiger charge is 2.21. The van der Waals surface area contributed by atoms with Crippen molar-refractivity contribution in [2.75, 3.05) is 5.75 Å². The molecule has 0 spiro atoms. The van der Waals surface area contributed by atoms with E-state index in [1.54, 1.807) is 18.7 Å². The van der Waals surface area contributed by atoms with E-state index >= 15 is 0 Å². The van der Waals surface area contributed by atoms with Crippen LogP contribution in [0.1, 0.15) is 6.92 Å². The first-order chi connectivity index (χ1) is 8.91. The Morgan fingerprint density at radius 2 is 2.16 bits per heavy atom. The predicted octanol–water partition coefficient (Wildman–Crippen LogP) is 0.614. The SMILES string of the molecule is CC(Cl)=CCSc1[nH]c2c(c(=O)[nH]c(=O)n2C)[n+]1C. The minimum atomic E-state index is -0.438. The van der Waals surface area contributed by atoms with Crippen LogP contribution in [0.2, 0.25) is 0 Å². The number of nitrogens with zero attached hydrogens (tertiary/aromatic N) is 2. The van der Waals surface area contributed by atoms with Gasteiger partial charge in [0.25, 0.3) is 11.2 Å². The highest BCUT2D eigenvalue weighted by molar-refractivity contribution is 7.99. The van der Waals surface area contributed by atoms with Gasteiger partial charge in [0.15, 0.2) is 0 Å².